The molecule has 1 atom stereocenters. The van der Waals surface area contributed by atoms with Gasteiger partial charge in [0.05, 0.1) is 7.11 Å². The molecule has 0 bridgehead atoms. The van der Waals surface area contributed by atoms with Crippen molar-refractivity contribution in [3.63, 3.8) is 0 Å². The molecule has 5 nitrogen and oxygen atoms in total. The van der Waals surface area contributed by atoms with E-state index in [1.54, 1.807) is 13.2 Å². The number of hydrogen-bond acceptors (Lipinski definition) is 3. The van der Waals surface area contributed by atoms with E-state index in [0.717, 1.165) is 36.3 Å². The zero-order valence-corrected chi connectivity index (χ0v) is 15.5. The molecule has 0 saturated carbocycles. The Kier molecular flexibility index (Phi) is 6.62. The van der Waals surface area contributed by atoms with Gasteiger partial charge in [0, 0.05) is 36.7 Å². The van der Waals surface area contributed by atoms with Crippen LogP contribution in [-0.2, 0) is 9.59 Å². The topological polar surface area (TPSA) is 58.6 Å². The van der Waals surface area contributed by atoms with Crippen molar-refractivity contribution in [2.24, 2.45) is 5.92 Å². The van der Waals surface area contributed by atoms with Crippen LogP contribution < -0.4 is 10.1 Å². The molecular weight excluding hydrogens is 316 g/mol. The second kappa shape index (κ2) is 8.70. The van der Waals surface area contributed by atoms with Crippen LogP contribution in [0.15, 0.2) is 30.3 Å². The highest BCUT2D eigenvalue weighted by Gasteiger charge is 2.24. The quantitative estimate of drug-likeness (QED) is 0.836. The lowest BCUT2D eigenvalue weighted by Crippen LogP contribution is -2.50. The lowest BCUT2D eigenvalue weighted by atomic mass is 10.0. The Morgan fingerprint density at radius 1 is 1.32 bits per heavy atom. The molecule has 1 aromatic carbocycles. The predicted octanol–water partition coefficient (Wildman–Crippen LogP) is 2.86. The summed E-state index contributed by atoms with van der Waals surface area (Å²) in [6.07, 6.45) is 3.47. The third kappa shape index (κ3) is 5.08. The Bertz CT molecular complexity index is 652. The predicted molar refractivity (Wildman–Crippen MR) is 99.2 cm³/mol. The number of para-hydroxylation sites is 1. The van der Waals surface area contributed by atoms with Gasteiger partial charge in [0.2, 0.25) is 11.8 Å². The molecule has 2 rings (SSSR count). The number of allylic oxidation sites excluding steroid dienone is 1. The van der Waals surface area contributed by atoms with Gasteiger partial charge in [-0.15, -0.1) is 0 Å². The van der Waals surface area contributed by atoms with Gasteiger partial charge in [0.1, 0.15) is 5.75 Å². The second-order valence-corrected chi connectivity index (χ2v) is 6.81. The van der Waals surface area contributed by atoms with E-state index >= 15 is 0 Å². The highest BCUT2D eigenvalue weighted by Crippen LogP contribution is 2.25. The molecule has 1 aliphatic rings. The first-order valence-electron chi connectivity index (χ1n) is 8.83. The number of piperidine rings is 1. The van der Waals surface area contributed by atoms with E-state index in [9.17, 15) is 9.59 Å². The Balaban J connectivity index is 2.05. The molecule has 1 saturated heterocycles. The molecule has 136 valence electrons. The summed E-state index contributed by atoms with van der Waals surface area (Å²) in [5.41, 5.74) is 1.79. The Labute approximate surface area is 150 Å². The van der Waals surface area contributed by atoms with Gasteiger partial charge in [-0.1, -0.05) is 32.0 Å². The molecule has 1 aromatic rings. The van der Waals surface area contributed by atoms with Crippen molar-refractivity contribution >= 4 is 17.4 Å². The summed E-state index contributed by atoms with van der Waals surface area (Å²) in [6.45, 7) is 6.95. The summed E-state index contributed by atoms with van der Waals surface area (Å²) in [4.78, 5) is 26.3. The van der Waals surface area contributed by atoms with Crippen molar-refractivity contribution in [3.05, 3.63) is 35.9 Å². The SMILES string of the molecule is COc1ccccc1/C(C)=C\C(=O)N1CCC[C@@H](NC(=O)C(C)C)C1. The highest BCUT2D eigenvalue weighted by molar-refractivity contribution is 5.95. The molecule has 1 heterocycles. The minimum atomic E-state index is -0.0428. The van der Waals surface area contributed by atoms with Gasteiger partial charge >= 0.3 is 0 Å². The number of ether oxygens (including phenoxy) is 1. The van der Waals surface area contributed by atoms with Crippen LogP contribution in [0.2, 0.25) is 0 Å². The maximum absolute atomic E-state index is 12.6. The first kappa shape index (κ1) is 19.0. The van der Waals surface area contributed by atoms with Gasteiger partial charge in [0.15, 0.2) is 0 Å². The van der Waals surface area contributed by atoms with E-state index in [1.807, 2.05) is 49.9 Å². The Morgan fingerprint density at radius 3 is 2.72 bits per heavy atom. The Morgan fingerprint density at radius 2 is 2.04 bits per heavy atom. The fourth-order valence-corrected chi connectivity index (χ4v) is 2.99. The van der Waals surface area contributed by atoms with Gasteiger partial charge in [0.25, 0.3) is 0 Å². The fraction of sp³-hybridized carbons (Fsp3) is 0.500. The maximum Gasteiger partial charge on any atom is 0.246 e. The van der Waals surface area contributed by atoms with Crippen molar-refractivity contribution < 1.29 is 14.3 Å². The molecule has 1 fully saturated rings. The summed E-state index contributed by atoms with van der Waals surface area (Å²) in [6, 6.07) is 7.70. The van der Waals surface area contributed by atoms with Crippen molar-refractivity contribution in [2.75, 3.05) is 20.2 Å². The smallest absolute Gasteiger partial charge is 0.246 e. The van der Waals surface area contributed by atoms with E-state index in [4.69, 9.17) is 4.74 Å². The third-order valence-electron chi connectivity index (χ3n) is 4.48. The number of amides is 2. The van der Waals surface area contributed by atoms with Crippen LogP contribution in [0.25, 0.3) is 5.57 Å². The van der Waals surface area contributed by atoms with Crippen LogP contribution >= 0.6 is 0 Å². The van der Waals surface area contributed by atoms with Crippen molar-refractivity contribution in [3.8, 4) is 5.75 Å². The number of hydrogen-bond donors (Lipinski definition) is 1. The molecule has 2 amide bonds. The van der Waals surface area contributed by atoms with E-state index in [0.29, 0.717) is 6.54 Å². The average Bonchev–Trinajstić information content (AvgIpc) is 2.61. The fourth-order valence-electron chi connectivity index (χ4n) is 2.99. The number of carbonyl (C=O) groups excluding carboxylic acids is 2. The molecule has 1 N–H and O–H groups in total. The van der Waals surface area contributed by atoms with Gasteiger partial charge in [-0.25, -0.2) is 0 Å². The minimum absolute atomic E-state index is 0.0214. The number of nitrogens with one attached hydrogen (secondary N) is 1. The normalized spacial score (nSPS) is 18.2. The number of benzene rings is 1. The largest absolute Gasteiger partial charge is 0.496 e. The number of methoxy groups -OCH3 is 1. The van der Waals surface area contributed by atoms with E-state index < -0.39 is 0 Å². The number of likely N-dealkylation sites (tertiary alicyclic amines) is 1. The molecule has 0 unspecified atom stereocenters. The molecule has 0 aromatic heterocycles. The molecule has 0 aliphatic carbocycles. The highest BCUT2D eigenvalue weighted by atomic mass is 16.5. The summed E-state index contributed by atoms with van der Waals surface area (Å²) in [5, 5.41) is 3.03. The zero-order chi connectivity index (χ0) is 18.4. The van der Waals surface area contributed by atoms with E-state index in [2.05, 4.69) is 5.32 Å². The van der Waals surface area contributed by atoms with Crippen LogP contribution in [0, 0.1) is 5.92 Å². The summed E-state index contributed by atoms with van der Waals surface area (Å²) < 4.78 is 5.36. The maximum atomic E-state index is 12.6. The summed E-state index contributed by atoms with van der Waals surface area (Å²) >= 11 is 0. The van der Waals surface area contributed by atoms with Crippen LogP contribution in [0.4, 0.5) is 0 Å². The van der Waals surface area contributed by atoms with Gasteiger partial charge in [-0.05, 0) is 31.4 Å². The van der Waals surface area contributed by atoms with E-state index in [1.165, 1.54) is 0 Å². The molecule has 5 heteroatoms. The lowest BCUT2D eigenvalue weighted by molar-refractivity contribution is -0.130. The van der Waals surface area contributed by atoms with Crippen molar-refractivity contribution in [1.82, 2.24) is 10.2 Å². The lowest BCUT2D eigenvalue weighted by Gasteiger charge is -2.33. The monoisotopic (exact) mass is 344 g/mol. The average molecular weight is 344 g/mol. The van der Waals surface area contributed by atoms with E-state index in [-0.39, 0.29) is 23.8 Å². The summed E-state index contributed by atoms with van der Waals surface area (Å²) in [5.74, 6) is 0.732. The molecule has 0 radical (unpaired) electrons. The molecular formula is C20H28N2O3. The van der Waals surface area contributed by atoms with Crippen molar-refractivity contribution in [1.29, 1.82) is 0 Å². The third-order valence-corrected chi connectivity index (χ3v) is 4.48. The van der Waals surface area contributed by atoms with Gasteiger partial charge in [-0.3, -0.25) is 9.59 Å². The minimum Gasteiger partial charge on any atom is -0.496 e. The molecule has 0 spiro atoms. The number of rotatable bonds is 5. The molecule has 25 heavy (non-hydrogen) atoms. The zero-order valence-electron chi connectivity index (χ0n) is 15.5. The standard InChI is InChI=1S/C20H28N2O3/c1-14(2)20(24)21-16-8-7-11-22(13-16)19(23)12-15(3)17-9-5-6-10-18(17)25-4/h5-6,9-10,12,14,16H,7-8,11,13H2,1-4H3,(H,21,24)/b15-12-/t16-/m1/s1. The number of carbonyl (C=O) groups is 2. The van der Waals surface area contributed by atoms with Crippen LogP contribution in [0.1, 0.15) is 39.2 Å². The van der Waals surface area contributed by atoms with Crippen LogP contribution in [0.3, 0.4) is 0 Å². The first-order chi connectivity index (χ1) is 11.9. The van der Waals surface area contributed by atoms with Gasteiger partial charge < -0.3 is 15.0 Å². The van der Waals surface area contributed by atoms with Crippen LogP contribution in [-0.4, -0.2) is 43.0 Å². The Hall–Kier alpha value is -2.30. The van der Waals surface area contributed by atoms with Gasteiger partial charge in [-0.2, -0.15) is 0 Å². The number of nitrogens with zero attached hydrogens (tertiary/aromatic N) is 1. The first-order valence-corrected chi connectivity index (χ1v) is 8.83. The second-order valence-electron chi connectivity index (χ2n) is 6.81. The summed E-state index contributed by atoms with van der Waals surface area (Å²) in [7, 11) is 1.63. The van der Waals surface area contributed by atoms with Crippen LogP contribution in [0.5, 0.6) is 5.75 Å². The molecule has 1 aliphatic heterocycles. The van der Waals surface area contributed by atoms with Crippen molar-refractivity contribution in [2.45, 2.75) is 39.7 Å².